The number of hydrogen-bond acceptors (Lipinski definition) is 6. The van der Waals surface area contributed by atoms with Gasteiger partial charge in [0.25, 0.3) is 0 Å². The summed E-state index contributed by atoms with van der Waals surface area (Å²) in [4.78, 5) is 12.1. The molecular formula is C36H35N5O4. The minimum Gasteiger partial charge on any atom is -0.465 e. The van der Waals surface area contributed by atoms with E-state index < -0.39 is 0 Å². The first-order chi connectivity index (χ1) is 22.2. The molecule has 9 nitrogen and oxygen atoms in total. The molecule has 0 spiro atoms. The molecule has 2 unspecified atom stereocenters. The Balaban J connectivity index is 1.24. The van der Waals surface area contributed by atoms with Crippen LogP contribution in [-0.2, 0) is 14.2 Å². The second-order valence-electron chi connectivity index (χ2n) is 11.9. The van der Waals surface area contributed by atoms with Crippen LogP contribution in [-0.4, -0.2) is 50.4 Å². The van der Waals surface area contributed by atoms with Gasteiger partial charge in [-0.2, -0.15) is 10.2 Å². The van der Waals surface area contributed by atoms with E-state index in [4.69, 9.17) is 14.2 Å². The number of methoxy groups -OCH3 is 1. The lowest BCUT2D eigenvalue weighted by atomic mass is 10.0. The third kappa shape index (κ3) is 5.11. The summed E-state index contributed by atoms with van der Waals surface area (Å²) in [6, 6.07) is 20.7. The van der Waals surface area contributed by atoms with E-state index in [1.54, 1.807) is 0 Å². The van der Waals surface area contributed by atoms with Crippen molar-refractivity contribution in [3.05, 3.63) is 91.0 Å². The first-order valence-corrected chi connectivity index (χ1v) is 15.8. The standard InChI is InChI=1S/C36H35N5O4/c1-43-36(42)24-8-12-29(13-9-24)41-32-14-10-25(27-20-37-39(22-27)34-6-2-4-16-44-34)18-30(32)31-19-26(11-15-33(31)41)28-21-38-40(23-28)35-7-3-5-17-45-35/h8-15,18-23,34-35H,2-7,16-17H2,1H3. The topological polar surface area (TPSA) is 85.3 Å². The Labute approximate surface area is 260 Å². The highest BCUT2D eigenvalue weighted by Gasteiger charge is 2.20. The van der Waals surface area contributed by atoms with Gasteiger partial charge in [-0.1, -0.05) is 12.1 Å². The van der Waals surface area contributed by atoms with Crippen molar-refractivity contribution in [2.75, 3.05) is 20.3 Å². The van der Waals surface area contributed by atoms with Gasteiger partial charge in [-0.05, 0) is 98.2 Å². The molecule has 0 N–H and O–H groups in total. The van der Waals surface area contributed by atoms with Crippen LogP contribution in [0.5, 0.6) is 0 Å². The maximum Gasteiger partial charge on any atom is 0.337 e. The number of hydrogen-bond donors (Lipinski definition) is 0. The number of benzene rings is 3. The smallest absolute Gasteiger partial charge is 0.337 e. The fraction of sp³-hybridized carbons (Fsp3) is 0.306. The van der Waals surface area contributed by atoms with Gasteiger partial charge in [0.2, 0.25) is 0 Å². The summed E-state index contributed by atoms with van der Waals surface area (Å²) in [5, 5.41) is 11.6. The zero-order valence-electron chi connectivity index (χ0n) is 25.3. The second kappa shape index (κ2) is 11.6. The highest BCUT2D eigenvalue weighted by molar-refractivity contribution is 6.11. The van der Waals surface area contributed by atoms with Crippen molar-refractivity contribution >= 4 is 27.8 Å². The summed E-state index contributed by atoms with van der Waals surface area (Å²) in [5.74, 6) is -0.351. The van der Waals surface area contributed by atoms with Crippen LogP contribution in [0.25, 0.3) is 49.7 Å². The highest BCUT2D eigenvalue weighted by Crippen LogP contribution is 2.38. The van der Waals surface area contributed by atoms with Crippen LogP contribution in [0.4, 0.5) is 0 Å². The molecule has 2 atom stereocenters. The summed E-state index contributed by atoms with van der Waals surface area (Å²) in [5.41, 5.74) is 7.93. The maximum atomic E-state index is 12.1. The molecule has 2 aliphatic rings. The SMILES string of the molecule is COC(=O)c1ccc(-n2c3ccc(-c4cnn(C5CCCCO5)c4)cc3c3cc(-c4cnn(C5CCCCO5)c4)ccc32)cc1. The average molecular weight is 602 g/mol. The summed E-state index contributed by atoms with van der Waals surface area (Å²) >= 11 is 0. The van der Waals surface area contributed by atoms with Crippen LogP contribution in [0.1, 0.15) is 61.3 Å². The zero-order chi connectivity index (χ0) is 30.3. The Hall–Kier alpha value is -4.73. The van der Waals surface area contributed by atoms with Crippen LogP contribution in [0.2, 0.25) is 0 Å². The number of aromatic nitrogens is 5. The minimum absolute atomic E-state index is 0.00593. The molecule has 0 radical (unpaired) electrons. The lowest BCUT2D eigenvalue weighted by Gasteiger charge is -2.22. The highest BCUT2D eigenvalue weighted by atomic mass is 16.5. The lowest BCUT2D eigenvalue weighted by Crippen LogP contribution is -2.18. The number of fused-ring (bicyclic) bond motifs is 3. The number of carbonyl (C=O) groups excluding carboxylic acids is 1. The molecule has 9 heteroatoms. The molecule has 228 valence electrons. The second-order valence-corrected chi connectivity index (χ2v) is 11.9. The number of carbonyl (C=O) groups is 1. The van der Waals surface area contributed by atoms with E-state index in [0.29, 0.717) is 5.56 Å². The maximum absolute atomic E-state index is 12.1. The van der Waals surface area contributed by atoms with E-state index >= 15 is 0 Å². The molecule has 2 fully saturated rings. The van der Waals surface area contributed by atoms with Crippen LogP contribution in [0.3, 0.4) is 0 Å². The molecule has 0 bridgehead atoms. The van der Waals surface area contributed by atoms with Gasteiger partial charge in [0, 0.05) is 53.2 Å². The van der Waals surface area contributed by atoms with Crippen molar-refractivity contribution < 1.29 is 19.0 Å². The molecule has 45 heavy (non-hydrogen) atoms. The van der Waals surface area contributed by atoms with Gasteiger partial charge in [0.1, 0.15) is 12.5 Å². The van der Waals surface area contributed by atoms with Crippen LogP contribution in [0.15, 0.2) is 85.5 Å². The summed E-state index contributed by atoms with van der Waals surface area (Å²) in [6.45, 7) is 1.56. The van der Waals surface area contributed by atoms with Gasteiger partial charge < -0.3 is 18.8 Å². The molecule has 3 aromatic carbocycles. The van der Waals surface area contributed by atoms with E-state index in [1.807, 2.05) is 46.0 Å². The number of ether oxygens (including phenoxy) is 3. The monoisotopic (exact) mass is 601 g/mol. The summed E-state index contributed by atoms with van der Waals surface area (Å²) < 4.78 is 23.0. The van der Waals surface area contributed by atoms with E-state index in [-0.39, 0.29) is 18.4 Å². The largest absolute Gasteiger partial charge is 0.465 e. The average Bonchev–Trinajstić information content (AvgIpc) is 3.87. The van der Waals surface area contributed by atoms with Gasteiger partial charge in [0.15, 0.2) is 0 Å². The molecule has 8 rings (SSSR count). The van der Waals surface area contributed by atoms with Crippen LogP contribution >= 0.6 is 0 Å². The van der Waals surface area contributed by atoms with Crippen molar-refractivity contribution in [1.82, 2.24) is 24.1 Å². The number of rotatable bonds is 6. The fourth-order valence-corrected chi connectivity index (χ4v) is 6.68. The first kappa shape index (κ1) is 27.8. The predicted molar refractivity (Wildman–Crippen MR) is 172 cm³/mol. The van der Waals surface area contributed by atoms with Gasteiger partial charge in [0.05, 0.1) is 36.1 Å². The molecule has 5 heterocycles. The molecule has 0 amide bonds. The third-order valence-corrected chi connectivity index (χ3v) is 9.08. The molecule has 2 aliphatic heterocycles. The first-order valence-electron chi connectivity index (χ1n) is 15.8. The molecule has 0 saturated carbocycles. The number of nitrogens with zero attached hydrogens (tertiary/aromatic N) is 5. The third-order valence-electron chi connectivity index (χ3n) is 9.08. The van der Waals surface area contributed by atoms with Gasteiger partial charge in [-0.25, -0.2) is 14.2 Å². The Morgan fingerprint density at radius 3 is 1.71 bits per heavy atom. The molecule has 6 aromatic rings. The van der Waals surface area contributed by atoms with Gasteiger partial charge in [-0.15, -0.1) is 0 Å². The van der Waals surface area contributed by atoms with Crippen molar-refractivity contribution in [1.29, 1.82) is 0 Å². The van der Waals surface area contributed by atoms with E-state index in [9.17, 15) is 4.79 Å². The minimum atomic E-state index is -0.351. The summed E-state index contributed by atoms with van der Waals surface area (Å²) in [7, 11) is 1.40. The van der Waals surface area contributed by atoms with Crippen molar-refractivity contribution in [2.45, 2.75) is 51.0 Å². The lowest BCUT2D eigenvalue weighted by molar-refractivity contribution is -0.0395. The molecule has 3 aromatic heterocycles. The fourth-order valence-electron chi connectivity index (χ4n) is 6.68. The Morgan fingerprint density at radius 2 is 1.24 bits per heavy atom. The zero-order valence-corrected chi connectivity index (χ0v) is 25.3. The van der Waals surface area contributed by atoms with Crippen molar-refractivity contribution in [2.24, 2.45) is 0 Å². The normalized spacial score (nSPS) is 18.9. The predicted octanol–water partition coefficient (Wildman–Crippen LogP) is 7.70. The van der Waals surface area contributed by atoms with Crippen LogP contribution in [0, 0.1) is 0 Å². The van der Waals surface area contributed by atoms with Gasteiger partial charge in [-0.3, -0.25) is 0 Å². The quantitative estimate of drug-likeness (QED) is 0.182. The van der Waals surface area contributed by atoms with E-state index in [1.165, 1.54) is 7.11 Å². The molecule has 2 saturated heterocycles. The van der Waals surface area contributed by atoms with Crippen LogP contribution < -0.4 is 0 Å². The van der Waals surface area contributed by atoms with E-state index in [0.717, 1.165) is 101 Å². The van der Waals surface area contributed by atoms with Gasteiger partial charge >= 0.3 is 5.97 Å². The summed E-state index contributed by atoms with van der Waals surface area (Å²) in [6.07, 6.45) is 14.5. The Bertz CT molecular complexity index is 1880. The van der Waals surface area contributed by atoms with Crippen molar-refractivity contribution in [3.63, 3.8) is 0 Å². The Morgan fingerprint density at radius 1 is 0.711 bits per heavy atom. The van der Waals surface area contributed by atoms with E-state index in [2.05, 4.69) is 63.6 Å². The number of esters is 1. The molecule has 0 aliphatic carbocycles. The molecular weight excluding hydrogens is 566 g/mol. The Kier molecular flexibility index (Phi) is 7.19. The van der Waals surface area contributed by atoms with Crippen molar-refractivity contribution in [3.8, 4) is 27.9 Å².